The summed E-state index contributed by atoms with van der Waals surface area (Å²) in [5.74, 6) is -2.12. The molecule has 0 spiro atoms. The van der Waals surface area contributed by atoms with Gasteiger partial charge in [0, 0.05) is 12.2 Å². The van der Waals surface area contributed by atoms with Crippen molar-refractivity contribution in [3.63, 3.8) is 0 Å². The summed E-state index contributed by atoms with van der Waals surface area (Å²) in [5, 5.41) is 9.16. The van der Waals surface area contributed by atoms with E-state index in [4.69, 9.17) is 9.47 Å². The number of fused-ring (bicyclic) bond motifs is 1. The largest absolute Gasteiger partial charge is 0.491 e. The number of pyridine rings is 1. The van der Waals surface area contributed by atoms with Crippen molar-refractivity contribution < 1.29 is 23.8 Å². The Morgan fingerprint density at radius 1 is 1.32 bits per heavy atom. The first-order valence-electron chi connectivity index (χ1n) is 6.72. The molecular weight excluding hydrogens is 293 g/mol. The minimum Gasteiger partial charge on any atom is -0.491 e. The maximum atomic E-state index is 14.1. The number of carbonyl (C=O) groups is 1. The van der Waals surface area contributed by atoms with Crippen molar-refractivity contribution >= 4 is 16.9 Å². The van der Waals surface area contributed by atoms with E-state index in [1.807, 2.05) is 0 Å². The zero-order valence-electron chi connectivity index (χ0n) is 12.1. The average Bonchev–Trinajstić information content (AvgIpc) is 3.31. The molecule has 1 heterocycles. The van der Waals surface area contributed by atoms with E-state index >= 15 is 0 Å². The summed E-state index contributed by atoms with van der Waals surface area (Å²) in [6.45, 7) is 0. The zero-order valence-corrected chi connectivity index (χ0v) is 12.1. The Morgan fingerprint density at radius 2 is 1.95 bits per heavy atom. The number of aromatic nitrogens is 1. The second kappa shape index (κ2) is 5.01. The van der Waals surface area contributed by atoms with Gasteiger partial charge in [-0.1, -0.05) is 0 Å². The Kier molecular flexibility index (Phi) is 3.27. The molecule has 1 fully saturated rings. The van der Waals surface area contributed by atoms with Crippen LogP contribution in [0.4, 0.5) is 4.39 Å². The molecule has 1 aromatic carbocycles. The molecule has 0 amide bonds. The first-order valence-corrected chi connectivity index (χ1v) is 6.72. The zero-order chi connectivity index (χ0) is 16.0. The third-order valence-corrected chi connectivity index (χ3v) is 3.76. The van der Waals surface area contributed by atoms with Crippen LogP contribution in [0.5, 0.6) is 11.5 Å². The van der Waals surface area contributed by atoms with Crippen molar-refractivity contribution in [1.82, 2.24) is 4.57 Å². The number of rotatable bonds is 4. The number of carboxylic acids is 1. The van der Waals surface area contributed by atoms with Crippen LogP contribution in [0.15, 0.2) is 17.1 Å². The fraction of sp³-hybridized carbons (Fsp3) is 0.333. The van der Waals surface area contributed by atoms with Crippen LogP contribution in [-0.4, -0.2) is 29.9 Å². The number of methoxy groups -OCH3 is 2. The van der Waals surface area contributed by atoms with Gasteiger partial charge in [0.05, 0.1) is 25.1 Å². The van der Waals surface area contributed by atoms with Gasteiger partial charge in [0.2, 0.25) is 5.43 Å². The van der Waals surface area contributed by atoms with E-state index < -0.39 is 17.2 Å². The molecule has 0 bridgehead atoms. The third kappa shape index (κ3) is 2.01. The second-order valence-corrected chi connectivity index (χ2v) is 5.14. The Balaban J connectivity index is 2.51. The Morgan fingerprint density at radius 3 is 2.45 bits per heavy atom. The van der Waals surface area contributed by atoms with Gasteiger partial charge in [0.15, 0.2) is 17.3 Å². The molecule has 0 unspecified atom stereocenters. The van der Waals surface area contributed by atoms with Gasteiger partial charge in [0.1, 0.15) is 5.56 Å². The predicted molar refractivity (Wildman–Crippen MR) is 76.5 cm³/mol. The fourth-order valence-corrected chi connectivity index (χ4v) is 2.61. The van der Waals surface area contributed by atoms with E-state index in [0.29, 0.717) is 5.52 Å². The molecule has 1 N–H and O–H groups in total. The molecule has 1 aromatic heterocycles. The maximum absolute atomic E-state index is 14.1. The number of benzene rings is 1. The summed E-state index contributed by atoms with van der Waals surface area (Å²) in [6.07, 6.45) is 3.02. The molecular formula is C15H14FNO5. The molecule has 1 aliphatic rings. The van der Waals surface area contributed by atoms with Crippen LogP contribution >= 0.6 is 0 Å². The molecule has 0 atom stereocenters. The number of hydrogen-bond acceptors (Lipinski definition) is 4. The van der Waals surface area contributed by atoms with Crippen LogP contribution < -0.4 is 14.9 Å². The number of ether oxygens (including phenoxy) is 2. The fourth-order valence-electron chi connectivity index (χ4n) is 2.61. The molecule has 0 radical (unpaired) electrons. The Bertz CT molecular complexity index is 838. The smallest absolute Gasteiger partial charge is 0.341 e. The van der Waals surface area contributed by atoms with Crippen molar-refractivity contribution in [2.24, 2.45) is 0 Å². The summed E-state index contributed by atoms with van der Waals surface area (Å²) in [6, 6.07) is 1.08. The SMILES string of the molecule is COc1c(F)cc2c(=O)c(C(=O)O)cn(C3CC3)c2c1OC. The van der Waals surface area contributed by atoms with Crippen molar-refractivity contribution in [3.8, 4) is 11.5 Å². The lowest BCUT2D eigenvalue weighted by molar-refractivity contribution is 0.0695. The van der Waals surface area contributed by atoms with Gasteiger partial charge in [-0.3, -0.25) is 4.79 Å². The topological polar surface area (TPSA) is 77.8 Å². The highest BCUT2D eigenvalue weighted by Gasteiger charge is 2.30. The monoisotopic (exact) mass is 307 g/mol. The number of halogens is 1. The van der Waals surface area contributed by atoms with Crippen LogP contribution in [0, 0.1) is 5.82 Å². The minimum atomic E-state index is -1.34. The molecule has 3 rings (SSSR count). The van der Waals surface area contributed by atoms with E-state index in [2.05, 4.69) is 0 Å². The number of aromatic carboxylic acids is 1. The van der Waals surface area contributed by atoms with Crippen molar-refractivity contribution in [3.05, 3.63) is 33.9 Å². The lowest BCUT2D eigenvalue weighted by Gasteiger charge is -2.17. The highest BCUT2D eigenvalue weighted by molar-refractivity contribution is 5.95. The normalized spacial score (nSPS) is 14.1. The van der Waals surface area contributed by atoms with Crippen LogP contribution in [0.1, 0.15) is 29.2 Å². The predicted octanol–water partition coefficient (Wildman–Crippen LogP) is 2.19. The summed E-state index contributed by atoms with van der Waals surface area (Å²) in [4.78, 5) is 23.6. The number of hydrogen-bond donors (Lipinski definition) is 1. The molecule has 0 aliphatic heterocycles. The molecule has 116 valence electrons. The standard InChI is InChI=1S/C15H14FNO5/c1-21-13-10(16)5-8-11(14(13)22-2)17(7-3-4-7)6-9(12(8)18)15(19)20/h5-7H,3-4H2,1-2H3,(H,19,20). The number of nitrogens with zero attached hydrogens (tertiary/aromatic N) is 1. The van der Waals surface area contributed by atoms with E-state index in [0.717, 1.165) is 18.9 Å². The average molecular weight is 307 g/mol. The lowest BCUT2D eigenvalue weighted by atomic mass is 10.1. The highest BCUT2D eigenvalue weighted by atomic mass is 19.1. The van der Waals surface area contributed by atoms with Crippen molar-refractivity contribution in [2.75, 3.05) is 14.2 Å². The molecule has 1 saturated carbocycles. The molecule has 22 heavy (non-hydrogen) atoms. The number of carboxylic acid groups (broad SMARTS) is 1. The molecule has 7 heteroatoms. The quantitative estimate of drug-likeness (QED) is 0.937. The first kappa shape index (κ1) is 14.4. The molecule has 1 aliphatic carbocycles. The Labute approximate surface area is 124 Å². The summed E-state index contributed by atoms with van der Waals surface area (Å²) in [7, 11) is 2.65. The van der Waals surface area contributed by atoms with E-state index in [9.17, 15) is 19.1 Å². The molecule has 0 saturated heterocycles. The highest BCUT2D eigenvalue weighted by Crippen LogP contribution is 2.43. The van der Waals surface area contributed by atoms with Gasteiger partial charge in [0.25, 0.3) is 0 Å². The molecule has 6 nitrogen and oxygen atoms in total. The summed E-state index contributed by atoms with van der Waals surface area (Å²) >= 11 is 0. The van der Waals surface area contributed by atoms with Crippen LogP contribution in [0.2, 0.25) is 0 Å². The lowest BCUT2D eigenvalue weighted by Crippen LogP contribution is -2.19. The van der Waals surface area contributed by atoms with Crippen LogP contribution in [0.25, 0.3) is 10.9 Å². The Hall–Kier alpha value is -2.57. The minimum absolute atomic E-state index is 0.0260. The van der Waals surface area contributed by atoms with Gasteiger partial charge in [-0.15, -0.1) is 0 Å². The van der Waals surface area contributed by atoms with Crippen molar-refractivity contribution in [1.29, 1.82) is 0 Å². The van der Waals surface area contributed by atoms with Gasteiger partial charge < -0.3 is 19.1 Å². The van der Waals surface area contributed by atoms with E-state index in [1.54, 1.807) is 4.57 Å². The first-order chi connectivity index (χ1) is 10.5. The van der Waals surface area contributed by atoms with Gasteiger partial charge in [-0.05, 0) is 18.9 Å². The van der Waals surface area contributed by atoms with Gasteiger partial charge >= 0.3 is 5.97 Å². The molecule has 2 aromatic rings. The third-order valence-electron chi connectivity index (χ3n) is 3.76. The van der Waals surface area contributed by atoms with Crippen LogP contribution in [0.3, 0.4) is 0 Å². The van der Waals surface area contributed by atoms with E-state index in [1.165, 1.54) is 20.4 Å². The maximum Gasteiger partial charge on any atom is 0.341 e. The van der Waals surface area contributed by atoms with E-state index in [-0.39, 0.29) is 28.5 Å². The van der Waals surface area contributed by atoms with Crippen molar-refractivity contribution in [2.45, 2.75) is 18.9 Å². The van der Waals surface area contributed by atoms with Gasteiger partial charge in [-0.25, -0.2) is 9.18 Å². The summed E-state index contributed by atoms with van der Waals surface area (Å²) in [5.41, 5.74) is -0.761. The van der Waals surface area contributed by atoms with Crippen LogP contribution in [-0.2, 0) is 0 Å². The summed E-state index contributed by atoms with van der Waals surface area (Å²) < 4.78 is 26.0. The van der Waals surface area contributed by atoms with Gasteiger partial charge in [-0.2, -0.15) is 0 Å². The second-order valence-electron chi connectivity index (χ2n) is 5.14.